The lowest BCUT2D eigenvalue weighted by Crippen LogP contribution is -2.43. The molecule has 1 aromatic rings. The Balaban J connectivity index is 1.96. The second-order valence-electron chi connectivity index (χ2n) is 5.44. The van der Waals surface area contributed by atoms with Crippen molar-refractivity contribution in [1.82, 2.24) is 0 Å². The van der Waals surface area contributed by atoms with Crippen molar-refractivity contribution in [3.63, 3.8) is 0 Å². The number of carbonyl (C=O) groups excluding carboxylic acids is 1. The number of esters is 1. The molecule has 1 fully saturated rings. The zero-order valence-electron chi connectivity index (χ0n) is 12.7. The maximum atomic E-state index is 11.1. The number of hydrogen-bond donors (Lipinski definition) is 0. The molecule has 1 heterocycles. The zero-order chi connectivity index (χ0) is 15.2. The number of benzene rings is 1. The first-order valence-electron chi connectivity index (χ1n) is 7.45. The summed E-state index contributed by atoms with van der Waals surface area (Å²) < 4.78 is 11.0. The summed E-state index contributed by atoms with van der Waals surface area (Å²) in [5.41, 5.74) is 1.08. The van der Waals surface area contributed by atoms with Crippen LogP contribution in [0.1, 0.15) is 26.7 Å². The van der Waals surface area contributed by atoms with Gasteiger partial charge in [-0.1, -0.05) is 26.8 Å². The van der Waals surface area contributed by atoms with Crippen LogP contribution in [0.25, 0.3) is 0 Å². The van der Waals surface area contributed by atoms with E-state index in [1.54, 1.807) is 12.1 Å². The third-order valence-corrected chi connectivity index (χ3v) is 3.75. The SMILES string of the molecule is C=CC(=O)Oc1ccc(N2COC(CCC)C(C)C2)cc1. The molecule has 2 unspecified atom stereocenters. The molecule has 2 rings (SSSR count). The first-order valence-corrected chi connectivity index (χ1v) is 7.45. The summed E-state index contributed by atoms with van der Waals surface area (Å²) in [5, 5.41) is 0. The van der Waals surface area contributed by atoms with E-state index in [0.717, 1.165) is 31.1 Å². The molecular formula is C17H23NO3. The fraction of sp³-hybridized carbons (Fsp3) is 0.471. The number of carbonyl (C=O) groups is 1. The largest absolute Gasteiger partial charge is 0.423 e. The molecule has 4 heteroatoms. The second-order valence-corrected chi connectivity index (χ2v) is 5.44. The van der Waals surface area contributed by atoms with Crippen LogP contribution in [0.15, 0.2) is 36.9 Å². The van der Waals surface area contributed by atoms with Gasteiger partial charge in [0.15, 0.2) is 0 Å². The van der Waals surface area contributed by atoms with Crippen LogP contribution in [0.5, 0.6) is 5.75 Å². The number of rotatable bonds is 5. The molecule has 0 bridgehead atoms. The van der Waals surface area contributed by atoms with Gasteiger partial charge in [-0.15, -0.1) is 0 Å². The van der Waals surface area contributed by atoms with Crippen molar-refractivity contribution >= 4 is 11.7 Å². The molecule has 0 N–H and O–H groups in total. The third-order valence-electron chi connectivity index (χ3n) is 3.75. The molecule has 0 amide bonds. The quantitative estimate of drug-likeness (QED) is 0.473. The highest BCUT2D eigenvalue weighted by Gasteiger charge is 2.26. The predicted octanol–water partition coefficient (Wildman–Crippen LogP) is 3.38. The third kappa shape index (κ3) is 4.08. The first-order chi connectivity index (χ1) is 10.1. The number of ether oxygens (including phenoxy) is 2. The summed E-state index contributed by atoms with van der Waals surface area (Å²) in [6, 6.07) is 7.48. The molecule has 21 heavy (non-hydrogen) atoms. The summed E-state index contributed by atoms with van der Waals surface area (Å²) in [5.74, 6) is 0.593. The minimum absolute atomic E-state index is 0.360. The molecule has 1 aromatic carbocycles. The minimum atomic E-state index is -0.444. The molecule has 1 aliphatic heterocycles. The Hall–Kier alpha value is -1.81. The first kappa shape index (κ1) is 15.6. The van der Waals surface area contributed by atoms with Gasteiger partial charge in [0.25, 0.3) is 0 Å². The van der Waals surface area contributed by atoms with Crippen LogP contribution in [0.3, 0.4) is 0 Å². The van der Waals surface area contributed by atoms with Crippen molar-refractivity contribution in [2.24, 2.45) is 5.92 Å². The number of nitrogens with zero attached hydrogens (tertiary/aromatic N) is 1. The highest BCUT2D eigenvalue weighted by atomic mass is 16.5. The van der Waals surface area contributed by atoms with Crippen LogP contribution in [-0.2, 0) is 9.53 Å². The van der Waals surface area contributed by atoms with E-state index >= 15 is 0 Å². The fourth-order valence-corrected chi connectivity index (χ4v) is 2.58. The summed E-state index contributed by atoms with van der Waals surface area (Å²) in [6.07, 6.45) is 3.78. The van der Waals surface area contributed by atoms with Crippen LogP contribution in [0, 0.1) is 5.92 Å². The van der Waals surface area contributed by atoms with Crippen LogP contribution in [-0.4, -0.2) is 25.3 Å². The van der Waals surface area contributed by atoms with Gasteiger partial charge in [-0.05, 0) is 36.6 Å². The van der Waals surface area contributed by atoms with Crippen molar-refractivity contribution in [2.75, 3.05) is 18.2 Å². The molecule has 0 spiro atoms. The lowest BCUT2D eigenvalue weighted by atomic mass is 9.98. The Kier molecular flexibility index (Phi) is 5.39. The van der Waals surface area contributed by atoms with E-state index in [1.165, 1.54) is 0 Å². The van der Waals surface area contributed by atoms with Gasteiger partial charge in [0.1, 0.15) is 12.5 Å². The van der Waals surface area contributed by atoms with Gasteiger partial charge in [-0.3, -0.25) is 0 Å². The van der Waals surface area contributed by atoms with Crippen molar-refractivity contribution in [3.05, 3.63) is 36.9 Å². The van der Waals surface area contributed by atoms with Crippen molar-refractivity contribution in [1.29, 1.82) is 0 Å². The maximum absolute atomic E-state index is 11.1. The summed E-state index contributed by atoms with van der Waals surface area (Å²) in [7, 11) is 0. The van der Waals surface area contributed by atoms with Gasteiger partial charge in [0.05, 0.1) is 6.10 Å². The van der Waals surface area contributed by atoms with Crippen molar-refractivity contribution in [3.8, 4) is 5.75 Å². The average Bonchev–Trinajstić information content (AvgIpc) is 2.50. The normalized spacial score (nSPS) is 21.9. The Morgan fingerprint density at radius 2 is 2.19 bits per heavy atom. The van der Waals surface area contributed by atoms with Crippen molar-refractivity contribution in [2.45, 2.75) is 32.8 Å². The Morgan fingerprint density at radius 1 is 1.48 bits per heavy atom. The van der Waals surface area contributed by atoms with E-state index < -0.39 is 5.97 Å². The van der Waals surface area contributed by atoms with E-state index in [1.807, 2.05) is 12.1 Å². The summed E-state index contributed by atoms with van der Waals surface area (Å²) >= 11 is 0. The Bertz CT molecular complexity index is 483. The van der Waals surface area contributed by atoms with Crippen LogP contribution in [0.2, 0.25) is 0 Å². The molecule has 0 aromatic heterocycles. The monoisotopic (exact) mass is 289 g/mol. The molecule has 0 saturated carbocycles. The molecule has 4 nitrogen and oxygen atoms in total. The van der Waals surface area contributed by atoms with Gasteiger partial charge in [0, 0.05) is 18.3 Å². The standard InChI is InChI=1S/C17H23NO3/c1-4-6-16-13(3)11-18(12-20-16)14-7-9-15(10-8-14)21-17(19)5-2/h5,7-10,13,16H,2,4,6,11-12H2,1,3H3. The molecule has 2 atom stereocenters. The van der Waals surface area contributed by atoms with Crippen LogP contribution in [0.4, 0.5) is 5.69 Å². The van der Waals surface area contributed by atoms with E-state index in [-0.39, 0.29) is 0 Å². The molecule has 0 radical (unpaired) electrons. The second kappa shape index (κ2) is 7.27. The van der Waals surface area contributed by atoms with Gasteiger partial charge >= 0.3 is 5.97 Å². The molecule has 1 aliphatic rings. The highest BCUT2D eigenvalue weighted by molar-refractivity contribution is 5.83. The Morgan fingerprint density at radius 3 is 2.76 bits per heavy atom. The van der Waals surface area contributed by atoms with E-state index in [9.17, 15) is 4.79 Å². The summed E-state index contributed by atoms with van der Waals surface area (Å²) in [6.45, 7) is 9.39. The van der Waals surface area contributed by atoms with Gasteiger partial charge in [-0.25, -0.2) is 4.79 Å². The summed E-state index contributed by atoms with van der Waals surface area (Å²) in [4.78, 5) is 13.3. The van der Waals surface area contributed by atoms with Crippen LogP contribution < -0.4 is 9.64 Å². The molecule has 114 valence electrons. The van der Waals surface area contributed by atoms with E-state index in [2.05, 4.69) is 25.3 Å². The predicted molar refractivity (Wildman–Crippen MR) is 83.4 cm³/mol. The number of hydrogen-bond acceptors (Lipinski definition) is 4. The smallest absolute Gasteiger partial charge is 0.335 e. The number of anilines is 1. The lowest BCUT2D eigenvalue weighted by Gasteiger charge is -2.38. The van der Waals surface area contributed by atoms with Gasteiger partial charge in [-0.2, -0.15) is 0 Å². The van der Waals surface area contributed by atoms with Crippen LogP contribution >= 0.6 is 0 Å². The molecule has 1 saturated heterocycles. The van der Waals surface area contributed by atoms with Gasteiger partial charge in [0.2, 0.25) is 0 Å². The fourth-order valence-electron chi connectivity index (χ4n) is 2.58. The molecular weight excluding hydrogens is 266 g/mol. The lowest BCUT2D eigenvalue weighted by molar-refractivity contribution is -0.128. The maximum Gasteiger partial charge on any atom is 0.335 e. The van der Waals surface area contributed by atoms with Gasteiger partial charge < -0.3 is 14.4 Å². The minimum Gasteiger partial charge on any atom is -0.423 e. The van der Waals surface area contributed by atoms with E-state index in [0.29, 0.717) is 24.5 Å². The average molecular weight is 289 g/mol. The highest BCUT2D eigenvalue weighted by Crippen LogP contribution is 2.26. The van der Waals surface area contributed by atoms with Crippen molar-refractivity contribution < 1.29 is 14.3 Å². The Labute approximate surface area is 126 Å². The topological polar surface area (TPSA) is 38.8 Å². The van der Waals surface area contributed by atoms with E-state index in [4.69, 9.17) is 9.47 Å². The zero-order valence-corrected chi connectivity index (χ0v) is 12.7. The molecule has 0 aliphatic carbocycles.